The molecule has 1 aliphatic carbocycles. The second kappa shape index (κ2) is 5.70. The van der Waals surface area contributed by atoms with Gasteiger partial charge >= 0.3 is 0 Å². The summed E-state index contributed by atoms with van der Waals surface area (Å²) in [7, 11) is 2.19. The first-order valence-electron chi connectivity index (χ1n) is 7.36. The standard InChI is InChI=1S/C18H21ClN2/c1-21(12-14-2-6-16(19)7-3-14)13-18(10-11-18)15-4-8-17(20)9-5-15/h2-9H,10-13,20H2,1H3. The van der Waals surface area contributed by atoms with Crippen LogP contribution in [0.25, 0.3) is 0 Å². The van der Waals surface area contributed by atoms with Crippen LogP contribution >= 0.6 is 11.6 Å². The van der Waals surface area contributed by atoms with Gasteiger partial charge in [-0.2, -0.15) is 0 Å². The molecule has 1 aliphatic rings. The number of anilines is 1. The van der Waals surface area contributed by atoms with Crippen molar-refractivity contribution in [2.45, 2.75) is 24.8 Å². The molecule has 2 N–H and O–H groups in total. The van der Waals surface area contributed by atoms with Crippen molar-refractivity contribution in [1.82, 2.24) is 4.90 Å². The van der Waals surface area contributed by atoms with Crippen molar-refractivity contribution in [2.24, 2.45) is 0 Å². The van der Waals surface area contributed by atoms with E-state index < -0.39 is 0 Å². The molecule has 0 unspecified atom stereocenters. The molecule has 0 bridgehead atoms. The zero-order valence-corrected chi connectivity index (χ0v) is 13.1. The Balaban J connectivity index is 1.65. The lowest BCUT2D eigenvalue weighted by Crippen LogP contribution is -2.28. The van der Waals surface area contributed by atoms with E-state index in [4.69, 9.17) is 17.3 Å². The number of nitrogens with two attached hydrogens (primary N) is 1. The van der Waals surface area contributed by atoms with Gasteiger partial charge in [0.1, 0.15) is 0 Å². The Labute approximate surface area is 131 Å². The first-order chi connectivity index (χ1) is 10.1. The number of rotatable bonds is 5. The van der Waals surface area contributed by atoms with Gasteiger partial charge in [-0.25, -0.2) is 0 Å². The molecule has 0 aliphatic heterocycles. The maximum absolute atomic E-state index is 5.93. The SMILES string of the molecule is CN(Cc1ccc(Cl)cc1)CC1(c2ccc(N)cc2)CC1. The van der Waals surface area contributed by atoms with Crippen LogP contribution in [-0.2, 0) is 12.0 Å². The minimum atomic E-state index is 0.328. The molecule has 0 spiro atoms. The van der Waals surface area contributed by atoms with Crippen molar-refractivity contribution in [3.63, 3.8) is 0 Å². The van der Waals surface area contributed by atoms with Crippen LogP contribution in [0.4, 0.5) is 5.69 Å². The summed E-state index contributed by atoms with van der Waals surface area (Å²) in [5.74, 6) is 0. The fraction of sp³-hybridized carbons (Fsp3) is 0.333. The number of likely N-dealkylation sites (N-methyl/N-ethyl adjacent to an activating group) is 1. The summed E-state index contributed by atoms with van der Waals surface area (Å²) in [6, 6.07) is 16.5. The van der Waals surface area contributed by atoms with Gasteiger partial charge in [0.25, 0.3) is 0 Å². The monoisotopic (exact) mass is 300 g/mol. The van der Waals surface area contributed by atoms with Crippen molar-refractivity contribution in [2.75, 3.05) is 19.3 Å². The topological polar surface area (TPSA) is 29.3 Å². The second-order valence-corrected chi connectivity index (χ2v) is 6.64. The first kappa shape index (κ1) is 14.4. The molecule has 0 atom stereocenters. The van der Waals surface area contributed by atoms with Gasteiger partial charge < -0.3 is 10.6 Å². The maximum Gasteiger partial charge on any atom is 0.0406 e. The predicted molar refractivity (Wildman–Crippen MR) is 89.6 cm³/mol. The van der Waals surface area contributed by atoms with Crippen LogP contribution in [0.15, 0.2) is 48.5 Å². The first-order valence-corrected chi connectivity index (χ1v) is 7.74. The van der Waals surface area contributed by atoms with Crippen molar-refractivity contribution >= 4 is 17.3 Å². The van der Waals surface area contributed by atoms with E-state index in [2.05, 4.69) is 36.2 Å². The highest BCUT2D eigenvalue weighted by Gasteiger charge is 2.44. The van der Waals surface area contributed by atoms with Crippen LogP contribution in [0, 0.1) is 0 Å². The zero-order valence-electron chi connectivity index (χ0n) is 12.3. The van der Waals surface area contributed by atoms with E-state index in [0.717, 1.165) is 23.8 Å². The number of halogens is 1. The molecule has 2 aromatic carbocycles. The van der Waals surface area contributed by atoms with Crippen molar-refractivity contribution in [1.29, 1.82) is 0 Å². The minimum Gasteiger partial charge on any atom is -0.399 e. The molecule has 1 saturated carbocycles. The third-order valence-electron chi connectivity index (χ3n) is 4.31. The molecule has 1 fully saturated rings. The molecule has 0 radical (unpaired) electrons. The number of nitrogens with zero attached hydrogens (tertiary/aromatic N) is 1. The summed E-state index contributed by atoms with van der Waals surface area (Å²) >= 11 is 5.93. The smallest absolute Gasteiger partial charge is 0.0406 e. The summed E-state index contributed by atoms with van der Waals surface area (Å²) in [6.07, 6.45) is 2.53. The maximum atomic E-state index is 5.93. The van der Waals surface area contributed by atoms with Gasteiger partial charge in [-0.3, -0.25) is 0 Å². The highest BCUT2D eigenvalue weighted by molar-refractivity contribution is 6.30. The van der Waals surface area contributed by atoms with E-state index >= 15 is 0 Å². The van der Waals surface area contributed by atoms with Crippen LogP contribution < -0.4 is 5.73 Å². The fourth-order valence-electron chi connectivity index (χ4n) is 3.00. The highest BCUT2D eigenvalue weighted by Crippen LogP contribution is 2.48. The van der Waals surface area contributed by atoms with Gasteiger partial charge in [-0.15, -0.1) is 0 Å². The van der Waals surface area contributed by atoms with Gasteiger partial charge in [0.05, 0.1) is 0 Å². The normalized spacial score (nSPS) is 16.1. The Hall–Kier alpha value is -1.51. The van der Waals surface area contributed by atoms with Crippen molar-refractivity contribution in [3.05, 3.63) is 64.7 Å². The quantitative estimate of drug-likeness (QED) is 0.843. The zero-order chi connectivity index (χ0) is 14.9. The lowest BCUT2D eigenvalue weighted by atomic mass is 9.95. The van der Waals surface area contributed by atoms with Crippen molar-refractivity contribution in [3.8, 4) is 0 Å². The molecule has 3 heteroatoms. The van der Waals surface area contributed by atoms with E-state index in [9.17, 15) is 0 Å². The van der Waals surface area contributed by atoms with Gasteiger partial charge in [-0.05, 0) is 55.3 Å². The molecule has 0 amide bonds. The largest absolute Gasteiger partial charge is 0.399 e. The van der Waals surface area contributed by atoms with Gasteiger partial charge in [0.15, 0.2) is 0 Å². The number of hydrogen-bond acceptors (Lipinski definition) is 2. The summed E-state index contributed by atoms with van der Waals surface area (Å²) in [4.78, 5) is 2.40. The van der Waals surface area contributed by atoms with E-state index in [1.54, 1.807) is 0 Å². The van der Waals surface area contributed by atoms with Gasteiger partial charge in [-0.1, -0.05) is 35.9 Å². The molecule has 110 valence electrons. The molecular formula is C18H21ClN2. The molecule has 0 aromatic heterocycles. The van der Waals surface area contributed by atoms with Gasteiger partial charge in [0, 0.05) is 29.2 Å². The molecule has 2 aromatic rings. The Morgan fingerprint density at radius 1 is 1.05 bits per heavy atom. The van der Waals surface area contributed by atoms with E-state index in [-0.39, 0.29) is 0 Å². The molecule has 0 saturated heterocycles. The molecule has 2 nitrogen and oxygen atoms in total. The lowest BCUT2D eigenvalue weighted by molar-refractivity contribution is 0.294. The van der Waals surface area contributed by atoms with Crippen molar-refractivity contribution < 1.29 is 0 Å². The Bertz CT molecular complexity index is 600. The predicted octanol–water partition coefficient (Wildman–Crippen LogP) is 4.09. The summed E-state index contributed by atoms with van der Waals surface area (Å²) < 4.78 is 0. The van der Waals surface area contributed by atoms with Crippen LogP contribution in [0.3, 0.4) is 0 Å². The molecule has 21 heavy (non-hydrogen) atoms. The van der Waals surface area contributed by atoms with Gasteiger partial charge in [0.2, 0.25) is 0 Å². The molecular weight excluding hydrogens is 280 g/mol. The average Bonchev–Trinajstić information content (AvgIpc) is 3.23. The summed E-state index contributed by atoms with van der Waals surface area (Å²) in [5.41, 5.74) is 9.67. The van der Waals surface area contributed by atoms with E-state index in [0.29, 0.717) is 5.41 Å². The van der Waals surface area contributed by atoms with E-state index in [1.165, 1.54) is 24.0 Å². The fourth-order valence-corrected chi connectivity index (χ4v) is 3.13. The van der Waals surface area contributed by atoms with E-state index in [1.807, 2.05) is 24.3 Å². The molecule has 3 rings (SSSR count). The Kier molecular flexibility index (Phi) is 3.92. The Morgan fingerprint density at radius 3 is 2.24 bits per heavy atom. The lowest BCUT2D eigenvalue weighted by Gasteiger charge is -2.24. The third kappa shape index (κ3) is 3.39. The summed E-state index contributed by atoms with van der Waals surface area (Å²) in [5, 5.41) is 0.793. The average molecular weight is 301 g/mol. The second-order valence-electron chi connectivity index (χ2n) is 6.20. The van der Waals surface area contributed by atoms with Crippen LogP contribution in [0.2, 0.25) is 5.02 Å². The highest BCUT2D eigenvalue weighted by atomic mass is 35.5. The Morgan fingerprint density at radius 2 is 1.67 bits per heavy atom. The number of benzene rings is 2. The molecule has 0 heterocycles. The number of hydrogen-bond donors (Lipinski definition) is 1. The van der Waals surface area contributed by atoms with Crippen LogP contribution in [0.1, 0.15) is 24.0 Å². The summed E-state index contributed by atoms with van der Waals surface area (Å²) in [6.45, 7) is 2.04. The van der Waals surface area contributed by atoms with Crippen LogP contribution in [0.5, 0.6) is 0 Å². The number of nitrogen functional groups attached to an aromatic ring is 1. The van der Waals surface area contributed by atoms with Crippen LogP contribution in [-0.4, -0.2) is 18.5 Å². The third-order valence-corrected chi connectivity index (χ3v) is 4.57. The minimum absolute atomic E-state index is 0.328.